The summed E-state index contributed by atoms with van der Waals surface area (Å²) < 4.78 is 20.1. The number of rotatable bonds is 5. The number of ether oxygens (including phenoxy) is 1. The summed E-state index contributed by atoms with van der Waals surface area (Å²) in [5.74, 6) is -0.324. The molecule has 0 saturated carbocycles. The van der Waals surface area contributed by atoms with Crippen molar-refractivity contribution >= 4 is 5.69 Å². The number of nitrogens with one attached hydrogen (secondary N) is 1. The summed E-state index contributed by atoms with van der Waals surface area (Å²) in [5, 5.41) is 13.9. The van der Waals surface area contributed by atoms with Crippen molar-refractivity contribution in [2.24, 2.45) is 0 Å². The monoisotopic (exact) mass is 251 g/mol. The predicted octanol–water partition coefficient (Wildman–Crippen LogP) is 1.25. The molecule has 0 spiro atoms. The van der Waals surface area contributed by atoms with Gasteiger partial charge in [0.25, 0.3) is 0 Å². The quantitative estimate of drug-likeness (QED) is 0.866. The number of anilines is 1. The van der Waals surface area contributed by atoms with E-state index in [2.05, 4.69) is 20.8 Å². The van der Waals surface area contributed by atoms with Gasteiger partial charge < -0.3 is 10.1 Å². The van der Waals surface area contributed by atoms with Crippen LogP contribution in [0.2, 0.25) is 0 Å². The van der Waals surface area contributed by atoms with E-state index in [0.717, 1.165) is 0 Å². The van der Waals surface area contributed by atoms with E-state index in [9.17, 15) is 4.39 Å². The number of hydrogen-bond acceptors (Lipinski definition) is 5. The smallest absolute Gasteiger partial charge is 0.146 e. The number of halogens is 1. The standard InChI is InChI=1S/C11H14FN5O/c1-8(6-18-2)14-11-5-9(3-4-10(11)12)17-7-13-15-16-17/h3-5,7-8,14H,6H2,1-2H3. The Morgan fingerprint density at radius 1 is 1.50 bits per heavy atom. The Morgan fingerprint density at radius 3 is 3.00 bits per heavy atom. The van der Waals surface area contributed by atoms with Crippen LogP contribution in [-0.4, -0.2) is 40.0 Å². The second kappa shape index (κ2) is 5.54. The first-order valence-corrected chi connectivity index (χ1v) is 5.49. The lowest BCUT2D eigenvalue weighted by Crippen LogP contribution is -2.21. The van der Waals surface area contributed by atoms with Crippen molar-refractivity contribution in [1.29, 1.82) is 0 Å². The normalized spacial score (nSPS) is 12.4. The van der Waals surface area contributed by atoms with Gasteiger partial charge in [-0.05, 0) is 35.5 Å². The van der Waals surface area contributed by atoms with Gasteiger partial charge >= 0.3 is 0 Å². The molecular formula is C11H14FN5O. The van der Waals surface area contributed by atoms with Crippen molar-refractivity contribution in [2.75, 3.05) is 19.0 Å². The topological polar surface area (TPSA) is 64.9 Å². The minimum atomic E-state index is -0.324. The summed E-state index contributed by atoms with van der Waals surface area (Å²) >= 11 is 0. The molecule has 0 aliphatic carbocycles. The number of tetrazole rings is 1. The van der Waals surface area contributed by atoms with Gasteiger partial charge in [-0.2, -0.15) is 0 Å². The SMILES string of the molecule is COCC(C)Nc1cc(-n2cnnn2)ccc1F. The Hall–Kier alpha value is -2.02. The van der Waals surface area contributed by atoms with Gasteiger partial charge in [0, 0.05) is 13.2 Å². The van der Waals surface area contributed by atoms with Crippen LogP contribution < -0.4 is 5.32 Å². The molecule has 0 aliphatic rings. The van der Waals surface area contributed by atoms with Crippen molar-refractivity contribution in [1.82, 2.24) is 20.2 Å². The van der Waals surface area contributed by atoms with Crippen LogP contribution in [0.4, 0.5) is 10.1 Å². The third kappa shape index (κ3) is 2.80. The Morgan fingerprint density at radius 2 is 2.33 bits per heavy atom. The van der Waals surface area contributed by atoms with Gasteiger partial charge in [-0.1, -0.05) is 0 Å². The van der Waals surface area contributed by atoms with Crippen molar-refractivity contribution in [3.8, 4) is 5.69 Å². The van der Waals surface area contributed by atoms with Crippen LogP contribution in [0.1, 0.15) is 6.92 Å². The van der Waals surface area contributed by atoms with Crippen LogP contribution in [0, 0.1) is 5.82 Å². The second-order valence-corrected chi connectivity index (χ2v) is 3.92. The molecule has 0 bridgehead atoms. The zero-order valence-corrected chi connectivity index (χ0v) is 10.2. The Balaban J connectivity index is 2.22. The first-order valence-electron chi connectivity index (χ1n) is 5.49. The molecule has 1 atom stereocenters. The van der Waals surface area contributed by atoms with Gasteiger partial charge in [0.2, 0.25) is 0 Å². The van der Waals surface area contributed by atoms with Crippen LogP contribution in [0.15, 0.2) is 24.5 Å². The summed E-state index contributed by atoms with van der Waals surface area (Å²) in [5.41, 5.74) is 1.08. The molecule has 6 nitrogen and oxygen atoms in total. The Kier molecular flexibility index (Phi) is 3.83. The van der Waals surface area contributed by atoms with E-state index < -0.39 is 0 Å². The highest BCUT2D eigenvalue weighted by atomic mass is 19.1. The summed E-state index contributed by atoms with van der Waals surface area (Å²) in [4.78, 5) is 0. The molecule has 0 saturated heterocycles. The number of hydrogen-bond donors (Lipinski definition) is 1. The van der Waals surface area contributed by atoms with Crippen LogP contribution in [-0.2, 0) is 4.74 Å². The summed E-state index contributed by atoms with van der Waals surface area (Å²) in [6, 6.07) is 4.64. The predicted molar refractivity (Wildman–Crippen MR) is 64.1 cm³/mol. The number of nitrogens with zero attached hydrogens (tertiary/aromatic N) is 4. The molecular weight excluding hydrogens is 237 g/mol. The molecule has 18 heavy (non-hydrogen) atoms. The second-order valence-electron chi connectivity index (χ2n) is 3.92. The third-order valence-electron chi connectivity index (χ3n) is 2.38. The first kappa shape index (κ1) is 12.4. The number of benzene rings is 1. The van der Waals surface area contributed by atoms with E-state index in [1.54, 1.807) is 19.2 Å². The fourth-order valence-corrected chi connectivity index (χ4v) is 1.60. The van der Waals surface area contributed by atoms with E-state index in [-0.39, 0.29) is 11.9 Å². The zero-order valence-electron chi connectivity index (χ0n) is 10.2. The van der Waals surface area contributed by atoms with Crippen molar-refractivity contribution in [2.45, 2.75) is 13.0 Å². The van der Waals surface area contributed by atoms with Crippen LogP contribution >= 0.6 is 0 Å². The first-order chi connectivity index (χ1) is 8.70. The fraction of sp³-hybridized carbons (Fsp3) is 0.364. The van der Waals surface area contributed by atoms with Crippen molar-refractivity contribution < 1.29 is 9.13 Å². The highest BCUT2D eigenvalue weighted by Crippen LogP contribution is 2.19. The summed E-state index contributed by atoms with van der Waals surface area (Å²) in [6.07, 6.45) is 1.45. The van der Waals surface area contributed by atoms with Crippen molar-refractivity contribution in [3.05, 3.63) is 30.3 Å². The lowest BCUT2D eigenvalue weighted by Gasteiger charge is -2.15. The molecule has 0 amide bonds. The Labute approximate surface area is 104 Å². The van der Waals surface area contributed by atoms with E-state index >= 15 is 0 Å². The lowest BCUT2D eigenvalue weighted by atomic mass is 10.2. The summed E-state index contributed by atoms with van der Waals surface area (Å²) in [7, 11) is 1.60. The average molecular weight is 251 g/mol. The summed E-state index contributed by atoms with van der Waals surface area (Å²) in [6.45, 7) is 2.40. The maximum atomic E-state index is 13.6. The molecule has 0 fully saturated rings. The highest BCUT2D eigenvalue weighted by molar-refractivity contribution is 5.52. The number of aromatic nitrogens is 4. The van der Waals surface area contributed by atoms with E-state index in [1.807, 2.05) is 6.92 Å². The minimum absolute atomic E-state index is 0.00798. The highest BCUT2D eigenvalue weighted by Gasteiger charge is 2.08. The molecule has 1 aromatic heterocycles. The van der Waals surface area contributed by atoms with Crippen molar-refractivity contribution in [3.63, 3.8) is 0 Å². The average Bonchev–Trinajstić information content (AvgIpc) is 2.86. The van der Waals surface area contributed by atoms with E-state index in [0.29, 0.717) is 18.0 Å². The Bertz CT molecular complexity index is 502. The molecule has 7 heteroatoms. The van der Waals surface area contributed by atoms with Crippen LogP contribution in [0.3, 0.4) is 0 Å². The van der Waals surface area contributed by atoms with Gasteiger partial charge in [0.05, 0.1) is 18.0 Å². The third-order valence-corrected chi connectivity index (χ3v) is 2.38. The van der Waals surface area contributed by atoms with E-state index in [4.69, 9.17) is 4.74 Å². The molecule has 1 aromatic carbocycles. The maximum absolute atomic E-state index is 13.6. The van der Waals surface area contributed by atoms with E-state index in [1.165, 1.54) is 17.1 Å². The molecule has 1 N–H and O–H groups in total. The number of methoxy groups -OCH3 is 1. The van der Waals surface area contributed by atoms with Gasteiger partial charge in [-0.15, -0.1) is 5.10 Å². The van der Waals surface area contributed by atoms with Gasteiger partial charge in [0.1, 0.15) is 12.1 Å². The fourth-order valence-electron chi connectivity index (χ4n) is 1.60. The largest absolute Gasteiger partial charge is 0.383 e. The van der Waals surface area contributed by atoms with Gasteiger partial charge in [0.15, 0.2) is 0 Å². The minimum Gasteiger partial charge on any atom is -0.383 e. The van der Waals surface area contributed by atoms with Crippen LogP contribution in [0.25, 0.3) is 5.69 Å². The molecule has 2 rings (SSSR count). The molecule has 0 radical (unpaired) electrons. The maximum Gasteiger partial charge on any atom is 0.146 e. The molecule has 1 heterocycles. The van der Waals surface area contributed by atoms with Gasteiger partial charge in [-0.25, -0.2) is 9.07 Å². The lowest BCUT2D eigenvalue weighted by molar-refractivity contribution is 0.190. The molecule has 1 unspecified atom stereocenters. The van der Waals surface area contributed by atoms with Gasteiger partial charge in [-0.3, -0.25) is 0 Å². The van der Waals surface area contributed by atoms with Crippen LogP contribution in [0.5, 0.6) is 0 Å². The zero-order chi connectivity index (χ0) is 13.0. The molecule has 96 valence electrons. The molecule has 0 aliphatic heterocycles. The molecule has 2 aromatic rings.